The number of benzene rings is 1. The zero-order valence-corrected chi connectivity index (χ0v) is 13.6. The summed E-state index contributed by atoms with van der Waals surface area (Å²) in [4.78, 5) is 26.8. The number of rotatable bonds is 3. The van der Waals surface area contributed by atoms with Gasteiger partial charge in [-0.25, -0.2) is 4.79 Å². The number of pyridine rings is 1. The van der Waals surface area contributed by atoms with Gasteiger partial charge in [-0.3, -0.25) is 4.79 Å². The summed E-state index contributed by atoms with van der Waals surface area (Å²) in [6, 6.07) is 7.43. The molecule has 1 atom stereocenters. The van der Waals surface area contributed by atoms with Crippen LogP contribution < -0.4 is 5.56 Å². The lowest BCUT2D eigenvalue weighted by Gasteiger charge is -2.32. The molecule has 122 valence electrons. The second kappa shape index (κ2) is 6.54. The molecule has 5 nitrogen and oxygen atoms in total. The Hall–Kier alpha value is -2.14. The quantitative estimate of drug-likeness (QED) is 0.816. The van der Waals surface area contributed by atoms with E-state index in [-0.39, 0.29) is 5.56 Å². The number of carbonyl (C=O) groups is 1. The number of aromatic nitrogens is 1. The molecule has 1 aromatic carbocycles. The summed E-state index contributed by atoms with van der Waals surface area (Å²) in [5.74, 6) is -0.422. The Balaban J connectivity index is 1.96. The van der Waals surface area contributed by atoms with E-state index < -0.39 is 5.97 Å². The van der Waals surface area contributed by atoms with Crippen molar-refractivity contribution in [1.82, 2.24) is 9.47 Å². The first-order valence-corrected chi connectivity index (χ1v) is 8.02. The van der Waals surface area contributed by atoms with E-state index in [0.717, 1.165) is 18.4 Å². The van der Waals surface area contributed by atoms with Crippen LogP contribution in [0.1, 0.15) is 29.6 Å². The number of nitrogens with zero attached hydrogens (tertiary/aromatic N) is 2. The van der Waals surface area contributed by atoms with E-state index in [1.165, 1.54) is 20.0 Å². The van der Waals surface area contributed by atoms with Crippen LogP contribution in [0.25, 0.3) is 10.8 Å². The van der Waals surface area contributed by atoms with E-state index in [1.807, 2.05) is 12.3 Å². The van der Waals surface area contributed by atoms with Gasteiger partial charge in [-0.1, -0.05) is 12.5 Å². The molecule has 0 bridgehead atoms. The Labute approximate surface area is 135 Å². The monoisotopic (exact) mass is 314 g/mol. The molecule has 1 aliphatic rings. The van der Waals surface area contributed by atoms with Gasteiger partial charge < -0.3 is 14.2 Å². The van der Waals surface area contributed by atoms with E-state index in [9.17, 15) is 9.59 Å². The van der Waals surface area contributed by atoms with Crippen LogP contribution in [0.15, 0.2) is 35.3 Å². The largest absolute Gasteiger partial charge is 0.465 e. The Morgan fingerprint density at radius 3 is 2.87 bits per heavy atom. The molecule has 0 unspecified atom stereocenters. The zero-order valence-electron chi connectivity index (χ0n) is 13.6. The van der Waals surface area contributed by atoms with Crippen LogP contribution in [0.5, 0.6) is 0 Å². The average Bonchev–Trinajstić information content (AvgIpc) is 2.58. The van der Waals surface area contributed by atoms with Gasteiger partial charge in [0, 0.05) is 24.2 Å². The maximum atomic E-state index is 12.8. The summed E-state index contributed by atoms with van der Waals surface area (Å²) in [6.07, 6.45) is 5.40. The summed E-state index contributed by atoms with van der Waals surface area (Å²) in [7, 11) is 3.46. The second-order valence-electron chi connectivity index (χ2n) is 6.20. The van der Waals surface area contributed by atoms with Crippen molar-refractivity contribution in [2.75, 3.05) is 20.7 Å². The molecular weight excluding hydrogens is 292 g/mol. The van der Waals surface area contributed by atoms with E-state index in [0.29, 0.717) is 23.5 Å². The Morgan fingerprint density at radius 2 is 2.13 bits per heavy atom. The number of hydrogen-bond acceptors (Lipinski definition) is 4. The highest BCUT2D eigenvalue weighted by Gasteiger charge is 2.20. The molecular formula is C18H22N2O3. The zero-order chi connectivity index (χ0) is 16.4. The highest BCUT2D eigenvalue weighted by molar-refractivity contribution is 5.95. The maximum absolute atomic E-state index is 12.8. The van der Waals surface area contributed by atoms with Crippen molar-refractivity contribution in [2.45, 2.75) is 31.8 Å². The lowest BCUT2D eigenvalue weighted by molar-refractivity contribution is 0.0601. The number of esters is 1. The van der Waals surface area contributed by atoms with Crippen LogP contribution in [-0.4, -0.2) is 42.2 Å². The average molecular weight is 314 g/mol. The fraction of sp³-hybridized carbons (Fsp3) is 0.444. The predicted octanol–water partition coefficient (Wildman–Crippen LogP) is 2.27. The molecule has 23 heavy (non-hydrogen) atoms. The fourth-order valence-electron chi connectivity index (χ4n) is 3.27. The number of carbonyl (C=O) groups excluding carboxylic acids is 1. The van der Waals surface area contributed by atoms with Crippen molar-refractivity contribution in [3.05, 3.63) is 46.4 Å². The van der Waals surface area contributed by atoms with Crippen LogP contribution >= 0.6 is 0 Å². The van der Waals surface area contributed by atoms with Crippen molar-refractivity contribution in [3.8, 4) is 0 Å². The molecule has 5 heteroatoms. The van der Waals surface area contributed by atoms with E-state index in [1.54, 1.807) is 22.8 Å². The molecule has 2 heterocycles. The number of fused-ring (bicyclic) bond motifs is 1. The van der Waals surface area contributed by atoms with Crippen molar-refractivity contribution >= 4 is 16.7 Å². The summed E-state index contributed by atoms with van der Waals surface area (Å²) in [6.45, 7) is 1.77. The summed E-state index contributed by atoms with van der Waals surface area (Å²) >= 11 is 0. The minimum absolute atomic E-state index is 0.0489. The molecule has 0 spiro atoms. The van der Waals surface area contributed by atoms with Crippen molar-refractivity contribution in [2.24, 2.45) is 0 Å². The molecule has 0 aliphatic carbocycles. The van der Waals surface area contributed by atoms with Gasteiger partial charge in [-0.2, -0.15) is 0 Å². The summed E-state index contributed by atoms with van der Waals surface area (Å²) in [5, 5.41) is 1.41. The molecule has 3 rings (SSSR count). The first-order chi connectivity index (χ1) is 11.1. The van der Waals surface area contributed by atoms with Crippen molar-refractivity contribution in [1.29, 1.82) is 0 Å². The van der Waals surface area contributed by atoms with Gasteiger partial charge in [0.15, 0.2) is 0 Å². The topological polar surface area (TPSA) is 51.5 Å². The minimum Gasteiger partial charge on any atom is -0.465 e. The Morgan fingerprint density at radius 1 is 1.30 bits per heavy atom. The molecule has 1 aliphatic heterocycles. The normalized spacial score (nSPS) is 19.0. The van der Waals surface area contributed by atoms with Gasteiger partial charge >= 0.3 is 5.97 Å². The fourth-order valence-corrected chi connectivity index (χ4v) is 3.27. The lowest BCUT2D eigenvalue weighted by atomic mass is 10.0. The highest BCUT2D eigenvalue weighted by atomic mass is 16.5. The number of likely N-dealkylation sites (N-methyl/N-ethyl adjacent to an activating group) is 1. The molecule has 1 saturated heterocycles. The predicted molar refractivity (Wildman–Crippen MR) is 89.8 cm³/mol. The van der Waals surface area contributed by atoms with Crippen LogP contribution in [0.2, 0.25) is 0 Å². The number of likely N-dealkylation sites (tertiary alicyclic amines) is 1. The third kappa shape index (κ3) is 3.15. The van der Waals surface area contributed by atoms with Gasteiger partial charge in [0.05, 0.1) is 12.7 Å². The number of piperidine rings is 1. The molecule has 0 radical (unpaired) electrons. The second-order valence-corrected chi connectivity index (χ2v) is 6.20. The maximum Gasteiger partial charge on any atom is 0.337 e. The smallest absolute Gasteiger partial charge is 0.337 e. The van der Waals surface area contributed by atoms with Crippen LogP contribution in [0.3, 0.4) is 0 Å². The van der Waals surface area contributed by atoms with Gasteiger partial charge in [0.25, 0.3) is 5.56 Å². The van der Waals surface area contributed by atoms with Gasteiger partial charge in [0.2, 0.25) is 0 Å². The number of hydrogen-bond donors (Lipinski definition) is 0. The van der Waals surface area contributed by atoms with Gasteiger partial charge in [0.1, 0.15) is 0 Å². The lowest BCUT2D eigenvalue weighted by Crippen LogP contribution is -2.41. The number of ether oxygens (including phenoxy) is 1. The summed E-state index contributed by atoms with van der Waals surface area (Å²) < 4.78 is 6.50. The van der Waals surface area contributed by atoms with E-state index in [4.69, 9.17) is 4.74 Å². The first kappa shape index (κ1) is 15.7. The van der Waals surface area contributed by atoms with Crippen molar-refractivity contribution < 1.29 is 9.53 Å². The SMILES string of the molecule is COC(=O)c1ccc2ccn(C[C@H]3CCCCN3C)c(=O)c2c1. The Kier molecular flexibility index (Phi) is 4.48. The molecule has 1 fully saturated rings. The van der Waals surface area contributed by atoms with Crippen LogP contribution in [-0.2, 0) is 11.3 Å². The van der Waals surface area contributed by atoms with Crippen LogP contribution in [0, 0.1) is 0 Å². The first-order valence-electron chi connectivity index (χ1n) is 8.02. The molecule has 0 N–H and O–H groups in total. The molecule has 0 saturated carbocycles. The third-order valence-corrected chi connectivity index (χ3v) is 4.73. The Bertz CT molecular complexity index is 781. The van der Waals surface area contributed by atoms with Crippen molar-refractivity contribution in [3.63, 3.8) is 0 Å². The van der Waals surface area contributed by atoms with E-state index >= 15 is 0 Å². The van der Waals surface area contributed by atoms with Gasteiger partial charge in [-0.05, 0) is 50.0 Å². The molecule has 1 aromatic heterocycles. The molecule has 2 aromatic rings. The number of methoxy groups -OCH3 is 1. The highest BCUT2D eigenvalue weighted by Crippen LogP contribution is 2.17. The minimum atomic E-state index is -0.422. The van der Waals surface area contributed by atoms with Gasteiger partial charge in [-0.15, -0.1) is 0 Å². The third-order valence-electron chi connectivity index (χ3n) is 4.73. The standard InChI is InChI=1S/C18H22N2O3/c1-19-9-4-3-5-15(19)12-20-10-8-13-6-7-14(18(22)23-2)11-16(13)17(20)21/h6-8,10-11,15H,3-5,9,12H2,1-2H3/t15-/m1/s1. The van der Waals surface area contributed by atoms with E-state index in [2.05, 4.69) is 11.9 Å². The summed E-state index contributed by atoms with van der Waals surface area (Å²) in [5.41, 5.74) is 0.358. The van der Waals surface area contributed by atoms with Crippen LogP contribution in [0.4, 0.5) is 0 Å². The molecule has 0 amide bonds.